The fourth-order valence-corrected chi connectivity index (χ4v) is 8.72. The van der Waals surface area contributed by atoms with Crippen LogP contribution in [-0.4, -0.2) is 110 Å². The molecule has 60 heavy (non-hydrogen) atoms. The Labute approximate surface area is 368 Å². The molecule has 0 aromatic carbocycles. The second-order valence-electron chi connectivity index (χ2n) is 18.3. The third kappa shape index (κ3) is 27.9. The lowest BCUT2D eigenvalue weighted by molar-refractivity contribution is -0.304. The van der Waals surface area contributed by atoms with E-state index in [-0.39, 0.29) is 13.2 Å². The topological polar surface area (TPSA) is 186 Å². The van der Waals surface area contributed by atoms with Crippen molar-refractivity contribution in [3.8, 4) is 0 Å². The number of unbranched alkanes of at least 4 members (excludes halogenated alkanes) is 32. The lowest BCUT2D eigenvalue weighted by Crippen LogP contribution is -2.60. The van der Waals surface area contributed by atoms with Gasteiger partial charge >= 0.3 is 6.03 Å². The van der Waals surface area contributed by atoms with Crippen molar-refractivity contribution in [3.63, 3.8) is 0 Å². The van der Waals surface area contributed by atoms with E-state index in [0.717, 1.165) is 44.9 Å². The molecule has 0 spiro atoms. The number of hydrogen-bond donors (Lipinski definition) is 7. The highest BCUT2D eigenvalue weighted by Gasteiger charge is 2.45. The summed E-state index contributed by atoms with van der Waals surface area (Å²) in [6.45, 7) is 3.82. The Morgan fingerprint density at radius 3 is 1.25 bits per heavy atom. The first-order valence-electron chi connectivity index (χ1n) is 25.5. The Morgan fingerprint density at radius 1 is 0.550 bits per heavy atom. The van der Waals surface area contributed by atoms with Gasteiger partial charge in [0, 0.05) is 6.54 Å². The van der Waals surface area contributed by atoms with Gasteiger partial charge in [-0.05, 0) is 12.8 Å². The molecular weight excluding hydrogens is 761 g/mol. The van der Waals surface area contributed by atoms with Gasteiger partial charge < -0.3 is 50.7 Å². The summed E-state index contributed by atoms with van der Waals surface area (Å²) in [6.07, 6.45) is 32.8. The number of hydrogen-bond acceptors (Lipinski definition) is 9. The molecule has 0 unspecified atom stereocenters. The Kier molecular flexibility index (Phi) is 37.5. The quantitative estimate of drug-likeness (QED) is 0.0293. The normalized spacial score (nSPS) is 21.0. The minimum absolute atomic E-state index is 0.263. The van der Waals surface area contributed by atoms with E-state index in [1.54, 1.807) is 0 Å². The summed E-state index contributed by atoms with van der Waals surface area (Å²) in [5, 5.41) is 63.1. The van der Waals surface area contributed by atoms with E-state index in [4.69, 9.17) is 15.2 Å². The summed E-state index contributed by atoms with van der Waals surface area (Å²) in [7, 11) is 0. The van der Waals surface area contributed by atoms with Gasteiger partial charge in [0.25, 0.3) is 0 Å². The third-order valence-corrected chi connectivity index (χ3v) is 12.9. The number of amides is 2. The van der Waals surface area contributed by atoms with Crippen LogP contribution in [0.1, 0.15) is 239 Å². The molecule has 0 radical (unpaired) electrons. The molecule has 0 saturated carbocycles. The first-order chi connectivity index (χ1) is 29.2. The fraction of sp³-hybridized carbons (Fsp3) is 0.980. The number of carbonyl (C=O) groups excluding carboxylic acids is 1. The van der Waals surface area contributed by atoms with Gasteiger partial charge in [-0.3, -0.25) is 0 Å². The maximum atomic E-state index is 12.8. The molecule has 1 heterocycles. The second-order valence-corrected chi connectivity index (χ2v) is 18.3. The van der Waals surface area contributed by atoms with E-state index >= 15 is 0 Å². The molecule has 0 aromatic rings. The zero-order chi connectivity index (χ0) is 44.1. The largest absolute Gasteiger partial charge is 0.394 e. The lowest BCUT2D eigenvalue weighted by Gasteiger charge is -2.41. The molecule has 0 bridgehead atoms. The summed E-state index contributed by atoms with van der Waals surface area (Å²) in [5.74, 6) is 0. The number of aliphatic hydroxyl groups excluding tert-OH is 6. The fourth-order valence-electron chi connectivity index (χ4n) is 8.72. The molecule has 11 heteroatoms. The highest BCUT2D eigenvalue weighted by Crippen LogP contribution is 2.24. The molecule has 1 saturated heterocycles. The number of nitrogens with zero attached hydrogens (tertiary/aromatic N) is 1. The van der Waals surface area contributed by atoms with Gasteiger partial charge in [0.05, 0.1) is 25.4 Å². The average molecular weight is 859 g/mol. The molecule has 358 valence electrons. The zero-order valence-corrected chi connectivity index (χ0v) is 38.9. The van der Waals surface area contributed by atoms with Gasteiger partial charge in [0.2, 0.25) is 0 Å². The predicted molar refractivity (Wildman–Crippen MR) is 245 cm³/mol. The van der Waals surface area contributed by atoms with Crippen molar-refractivity contribution in [3.05, 3.63) is 0 Å². The average Bonchev–Trinajstić information content (AvgIpc) is 3.24. The van der Waals surface area contributed by atoms with Crippen LogP contribution in [0.15, 0.2) is 0 Å². The number of nitrogens with two attached hydrogens (primary N) is 1. The van der Waals surface area contributed by atoms with Gasteiger partial charge in [-0.2, -0.15) is 0 Å². The first-order valence-corrected chi connectivity index (χ1v) is 25.5. The first kappa shape index (κ1) is 57.0. The lowest BCUT2D eigenvalue weighted by atomic mass is 9.97. The van der Waals surface area contributed by atoms with Crippen LogP contribution in [-0.2, 0) is 9.47 Å². The smallest absolute Gasteiger partial charge is 0.315 e. The maximum absolute atomic E-state index is 12.8. The summed E-state index contributed by atoms with van der Waals surface area (Å²) in [6, 6.07) is -1.80. The number of carbonyl (C=O) groups is 1. The molecule has 8 atom stereocenters. The summed E-state index contributed by atoms with van der Waals surface area (Å²) in [4.78, 5) is 14.1. The van der Waals surface area contributed by atoms with Crippen molar-refractivity contribution in [2.24, 2.45) is 5.73 Å². The van der Waals surface area contributed by atoms with Crippen LogP contribution in [0.3, 0.4) is 0 Å². The molecular formula is C49H98N2O9. The molecule has 2 amide bonds. The molecule has 1 fully saturated rings. The maximum Gasteiger partial charge on any atom is 0.315 e. The highest BCUT2D eigenvalue weighted by atomic mass is 16.7. The van der Waals surface area contributed by atoms with E-state index in [0.29, 0.717) is 12.8 Å². The van der Waals surface area contributed by atoms with Crippen LogP contribution in [0.25, 0.3) is 0 Å². The zero-order valence-electron chi connectivity index (χ0n) is 38.9. The van der Waals surface area contributed by atoms with E-state index in [2.05, 4.69) is 13.8 Å². The van der Waals surface area contributed by atoms with Crippen molar-refractivity contribution < 1.29 is 44.9 Å². The van der Waals surface area contributed by atoms with E-state index in [9.17, 15) is 35.4 Å². The SMILES string of the molecule is CCCCCCCCCCCCCCCCCCCCCCCCN(C(N)=O)[C@@H](CO[C@@H]1O[C@H](CO)[C@H](O)[C@H](O)[C@H]1O)[C@H](O)[C@H](O)CCCCCCCCCCCCCC. The van der Waals surface area contributed by atoms with E-state index < -0.39 is 61.6 Å². The summed E-state index contributed by atoms with van der Waals surface area (Å²) >= 11 is 0. The van der Waals surface area contributed by atoms with E-state index in [1.165, 1.54) is 172 Å². The number of primary amides is 1. The van der Waals surface area contributed by atoms with Crippen LogP contribution in [0.2, 0.25) is 0 Å². The molecule has 1 aliphatic heterocycles. The molecule has 0 aliphatic carbocycles. The van der Waals surface area contributed by atoms with Gasteiger partial charge in [-0.25, -0.2) is 4.79 Å². The van der Waals surface area contributed by atoms with Crippen LogP contribution in [0.5, 0.6) is 0 Å². The summed E-state index contributed by atoms with van der Waals surface area (Å²) < 4.78 is 11.3. The molecule has 1 aliphatic rings. The van der Waals surface area contributed by atoms with Crippen molar-refractivity contribution in [2.75, 3.05) is 19.8 Å². The van der Waals surface area contributed by atoms with Crippen molar-refractivity contribution in [1.82, 2.24) is 4.90 Å². The van der Waals surface area contributed by atoms with Gasteiger partial charge in [0.15, 0.2) is 6.29 Å². The Balaban J connectivity index is 2.42. The Bertz CT molecular complexity index is 946. The Hall–Kier alpha value is -1.05. The number of urea groups is 1. The standard InChI is InChI=1S/C49H98N2O9/c1-3-5-7-9-11-13-15-17-18-19-20-21-22-23-24-25-26-28-30-32-34-36-38-51(49(50)58)41(40-59-48-47(57)46(56)45(55)43(39-52)60-48)44(54)42(53)37-35-33-31-29-27-16-14-12-10-8-6-4-2/h41-48,52-57H,3-40H2,1-2H3,(H2,50,58)/t41-,42+,43+,44-,45-,46-,47+,48+/m0/s1. The van der Waals surface area contributed by atoms with Crippen LogP contribution in [0, 0.1) is 0 Å². The van der Waals surface area contributed by atoms with Crippen LogP contribution >= 0.6 is 0 Å². The van der Waals surface area contributed by atoms with Gasteiger partial charge in [0.1, 0.15) is 30.5 Å². The monoisotopic (exact) mass is 859 g/mol. The minimum atomic E-state index is -1.63. The van der Waals surface area contributed by atoms with Crippen molar-refractivity contribution >= 4 is 6.03 Å². The number of aliphatic hydroxyl groups is 6. The highest BCUT2D eigenvalue weighted by molar-refractivity contribution is 5.72. The van der Waals surface area contributed by atoms with Gasteiger partial charge in [-0.15, -0.1) is 0 Å². The molecule has 8 N–H and O–H groups in total. The van der Waals surface area contributed by atoms with Crippen LogP contribution in [0.4, 0.5) is 4.79 Å². The molecule has 11 nitrogen and oxygen atoms in total. The number of ether oxygens (including phenoxy) is 2. The Morgan fingerprint density at radius 2 is 0.900 bits per heavy atom. The van der Waals surface area contributed by atoms with Crippen molar-refractivity contribution in [1.29, 1.82) is 0 Å². The molecule has 0 aromatic heterocycles. The number of rotatable bonds is 43. The molecule has 1 rings (SSSR count). The van der Waals surface area contributed by atoms with Gasteiger partial charge in [-0.1, -0.05) is 226 Å². The summed E-state index contributed by atoms with van der Waals surface area (Å²) in [5.41, 5.74) is 5.86. The van der Waals surface area contributed by atoms with Crippen LogP contribution < -0.4 is 5.73 Å². The van der Waals surface area contributed by atoms with E-state index in [1.807, 2.05) is 0 Å². The second kappa shape index (κ2) is 39.5. The van der Waals surface area contributed by atoms with Crippen molar-refractivity contribution in [2.45, 2.75) is 288 Å². The minimum Gasteiger partial charge on any atom is -0.394 e. The third-order valence-electron chi connectivity index (χ3n) is 12.9. The predicted octanol–water partition coefficient (Wildman–Crippen LogP) is 9.97.